The highest BCUT2D eigenvalue weighted by Crippen LogP contribution is 2.41. The average molecular weight is 465 g/mol. The van der Waals surface area contributed by atoms with Gasteiger partial charge in [-0.15, -0.1) is 24.0 Å². The summed E-state index contributed by atoms with van der Waals surface area (Å²) in [7, 11) is 1.81. The zero-order valence-corrected chi connectivity index (χ0v) is 17.8. The molecule has 0 saturated heterocycles. The standard InChI is InChI=1S/C21H27N3O.HI/c1-16-8-6-7-11-18(16)19-14-20(19)24-21(22-2)23-12-13-25-15-17-9-4-3-5-10-17;/h3-11,19-20H,12-15H2,1-2H3,(H2,22,23,24);1H. The monoisotopic (exact) mass is 465 g/mol. The number of aliphatic imine (C=N–C) groups is 1. The van der Waals surface area contributed by atoms with E-state index in [9.17, 15) is 0 Å². The minimum atomic E-state index is 0. The van der Waals surface area contributed by atoms with Gasteiger partial charge < -0.3 is 15.4 Å². The van der Waals surface area contributed by atoms with Crippen molar-refractivity contribution < 1.29 is 4.74 Å². The van der Waals surface area contributed by atoms with Gasteiger partial charge in [0, 0.05) is 25.6 Å². The molecule has 2 unspecified atom stereocenters. The molecule has 0 spiro atoms. The molecule has 0 aromatic heterocycles. The smallest absolute Gasteiger partial charge is 0.191 e. The predicted molar refractivity (Wildman–Crippen MR) is 118 cm³/mol. The van der Waals surface area contributed by atoms with Crippen molar-refractivity contribution in [2.75, 3.05) is 20.2 Å². The van der Waals surface area contributed by atoms with Gasteiger partial charge in [0.1, 0.15) is 0 Å². The molecule has 0 bridgehead atoms. The van der Waals surface area contributed by atoms with Gasteiger partial charge in [0.15, 0.2) is 5.96 Å². The van der Waals surface area contributed by atoms with Gasteiger partial charge in [0.25, 0.3) is 0 Å². The summed E-state index contributed by atoms with van der Waals surface area (Å²) in [4.78, 5) is 4.31. The van der Waals surface area contributed by atoms with Crippen LogP contribution in [0, 0.1) is 6.92 Å². The molecule has 140 valence electrons. The van der Waals surface area contributed by atoms with E-state index in [1.165, 1.54) is 16.7 Å². The lowest BCUT2D eigenvalue weighted by Gasteiger charge is -2.12. The molecule has 0 amide bonds. The van der Waals surface area contributed by atoms with Gasteiger partial charge in [-0.3, -0.25) is 4.99 Å². The Morgan fingerprint density at radius 3 is 2.58 bits per heavy atom. The van der Waals surface area contributed by atoms with E-state index in [2.05, 4.69) is 58.9 Å². The molecule has 1 aliphatic rings. The highest BCUT2D eigenvalue weighted by atomic mass is 127. The Morgan fingerprint density at radius 1 is 1.12 bits per heavy atom. The molecule has 2 aromatic carbocycles. The Labute approximate surface area is 173 Å². The van der Waals surface area contributed by atoms with Crippen molar-refractivity contribution in [1.29, 1.82) is 0 Å². The van der Waals surface area contributed by atoms with Gasteiger partial charge in [-0.1, -0.05) is 54.6 Å². The molecule has 3 rings (SSSR count). The summed E-state index contributed by atoms with van der Waals surface area (Å²) in [5, 5.41) is 6.84. The second-order valence-corrected chi connectivity index (χ2v) is 6.49. The SMILES string of the molecule is CN=C(NCCOCc1ccccc1)NC1CC1c1ccccc1C.I. The highest BCUT2D eigenvalue weighted by molar-refractivity contribution is 14.0. The lowest BCUT2D eigenvalue weighted by molar-refractivity contribution is 0.125. The first-order chi connectivity index (χ1) is 12.3. The first-order valence-corrected chi connectivity index (χ1v) is 8.92. The maximum atomic E-state index is 5.70. The summed E-state index contributed by atoms with van der Waals surface area (Å²) in [6.45, 7) is 4.23. The Kier molecular flexibility index (Phi) is 8.38. The van der Waals surface area contributed by atoms with Crippen LogP contribution >= 0.6 is 24.0 Å². The quantitative estimate of drug-likeness (QED) is 0.283. The first kappa shape index (κ1) is 20.7. The van der Waals surface area contributed by atoms with Crippen molar-refractivity contribution in [2.24, 2.45) is 4.99 Å². The molecule has 2 N–H and O–H groups in total. The topological polar surface area (TPSA) is 45.7 Å². The van der Waals surface area contributed by atoms with Crippen LogP contribution in [-0.2, 0) is 11.3 Å². The first-order valence-electron chi connectivity index (χ1n) is 8.92. The summed E-state index contributed by atoms with van der Waals surface area (Å²) in [6.07, 6.45) is 1.16. The summed E-state index contributed by atoms with van der Waals surface area (Å²) in [5.74, 6) is 1.44. The second-order valence-electron chi connectivity index (χ2n) is 6.49. The average Bonchev–Trinajstić information content (AvgIpc) is 3.40. The van der Waals surface area contributed by atoms with Gasteiger partial charge in [-0.05, 0) is 30.0 Å². The summed E-state index contributed by atoms with van der Waals surface area (Å²) in [6, 6.07) is 19.3. The molecule has 0 radical (unpaired) electrons. The summed E-state index contributed by atoms with van der Waals surface area (Å²) in [5.41, 5.74) is 4.01. The minimum absolute atomic E-state index is 0. The van der Waals surface area contributed by atoms with Crippen LogP contribution in [0.25, 0.3) is 0 Å². The van der Waals surface area contributed by atoms with Gasteiger partial charge in [-0.25, -0.2) is 0 Å². The Morgan fingerprint density at radius 2 is 1.85 bits per heavy atom. The van der Waals surface area contributed by atoms with Crippen LogP contribution in [-0.4, -0.2) is 32.2 Å². The lowest BCUT2D eigenvalue weighted by atomic mass is 10.0. The fourth-order valence-electron chi connectivity index (χ4n) is 3.08. The van der Waals surface area contributed by atoms with E-state index in [0.29, 0.717) is 25.2 Å². The van der Waals surface area contributed by atoms with Gasteiger partial charge in [-0.2, -0.15) is 0 Å². The van der Waals surface area contributed by atoms with E-state index in [0.717, 1.165) is 18.9 Å². The fourth-order valence-corrected chi connectivity index (χ4v) is 3.08. The maximum absolute atomic E-state index is 5.70. The van der Waals surface area contributed by atoms with Crippen LogP contribution in [0.5, 0.6) is 0 Å². The van der Waals surface area contributed by atoms with E-state index in [1.807, 2.05) is 25.2 Å². The number of nitrogens with one attached hydrogen (secondary N) is 2. The number of hydrogen-bond donors (Lipinski definition) is 2. The summed E-state index contributed by atoms with van der Waals surface area (Å²) >= 11 is 0. The molecular weight excluding hydrogens is 437 g/mol. The van der Waals surface area contributed by atoms with Crippen molar-refractivity contribution in [2.45, 2.75) is 31.9 Å². The molecular formula is C21H28IN3O. The maximum Gasteiger partial charge on any atom is 0.191 e. The molecule has 4 nitrogen and oxygen atoms in total. The number of benzene rings is 2. The van der Waals surface area contributed by atoms with Crippen LogP contribution in [0.15, 0.2) is 59.6 Å². The fraction of sp³-hybridized carbons (Fsp3) is 0.381. The van der Waals surface area contributed by atoms with Crippen molar-refractivity contribution >= 4 is 29.9 Å². The number of ether oxygens (including phenoxy) is 1. The molecule has 1 saturated carbocycles. The third kappa shape index (κ3) is 5.99. The largest absolute Gasteiger partial charge is 0.375 e. The molecule has 26 heavy (non-hydrogen) atoms. The Hall–Kier alpha value is -1.60. The Balaban J connectivity index is 0.00000243. The minimum Gasteiger partial charge on any atom is -0.375 e. The van der Waals surface area contributed by atoms with E-state index >= 15 is 0 Å². The third-order valence-electron chi connectivity index (χ3n) is 4.57. The molecule has 0 heterocycles. The number of halogens is 1. The van der Waals surface area contributed by atoms with Gasteiger partial charge in [0.05, 0.1) is 13.2 Å². The molecule has 2 atom stereocenters. The van der Waals surface area contributed by atoms with Gasteiger partial charge in [0.2, 0.25) is 0 Å². The lowest BCUT2D eigenvalue weighted by Crippen LogP contribution is -2.40. The van der Waals surface area contributed by atoms with Crippen molar-refractivity contribution in [3.63, 3.8) is 0 Å². The van der Waals surface area contributed by atoms with E-state index in [-0.39, 0.29) is 24.0 Å². The number of guanidine groups is 1. The number of rotatable bonds is 7. The molecule has 0 aliphatic heterocycles. The van der Waals surface area contributed by atoms with Gasteiger partial charge >= 0.3 is 0 Å². The zero-order valence-electron chi connectivity index (χ0n) is 15.4. The summed E-state index contributed by atoms with van der Waals surface area (Å²) < 4.78 is 5.70. The van der Waals surface area contributed by atoms with Crippen LogP contribution in [0.2, 0.25) is 0 Å². The Bertz CT molecular complexity index is 705. The van der Waals surface area contributed by atoms with E-state index in [1.54, 1.807) is 0 Å². The molecule has 1 fully saturated rings. The third-order valence-corrected chi connectivity index (χ3v) is 4.57. The van der Waals surface area contributed by atoms with E-state index < -0.39 is 0 Å². The van der Waals surface area contributed by atoms with Crippen molar-refractivity contribution in [3.05, 3.63) is 71.3 Å². The van der Waals surface area contributed by atoms with Crippen LogP contribution in [0.1, 0.15) is 29.0 Å². The normalized spacial score (nSPS) is 18.8. The van der Waals surface area contributed by atoms with Crippen LogP contribution < -0.4 is 10.6 Å². The second kappa shape index (κ2) is 10.5. The molecule has 2 aromatic rings. The van der Waals surface area contributed by atoms with Crippen LogP contribution in [0.4, 0.5) is 0 Å². The van der Waals surface area contributed by atoms with Crippen LogP contribution in [0.3, 0.4) is 0 Å². The molecule has 5 heteroatoms. The van der Waals surface area contributed by atoms with Crippen molar-refractivity contribution in [1.82, 2.24) is 10.6 Å². The zero-order chi connectivity index (χ0) is 17.5. The highest BCUT2D eigenvalue weighted by Gasteiger charge is 2.39. The number of aryl methyl sites for hydroxylation is 1. The van der Waals surface area contributed by atoms with Crippen molar-refractivity contribution in [3.8, 4) is 0 Å². The molecule has 1 aliphatic carbocycles. The number of hydrogen-bond acceptors (Lipinski definition) is 2. The van der Waals surface area contributed by atoms with E-state index in [4.69, 9.17) is 4.74 Å². The predicted octanol–water partition coefficient (Wildman–Crippen LogP) is 3.85. The number of nitrogens with zero attached hydrogens (tertiary/aromatic N) is 1.